The monoisotopic (exact) mass is 798 g/mol. The van der Waals surface area contributed by atoms with E-state index in [0.717, 1.165) is 24.0 Å². The summed E-state index contributed by atoms with van der Waals surface area (Å²) >= 11 is 0. The summed E-state index contributed by atoms with van der Waals surface area (Å²) in [6, 6.07) is 62.4. The predicted molar refractivity (Wildman–Crippen MR) is 254 cm³/mol. The van der Waals surface area contributed by atoms with Crippen LogP contribution in [0.15, 0.2) is 182 Å². The van der Waals surface area contributed by atoms with E-state index in [9.17, 15) is 8.78 Å². The van der Waals surface area contributed by atoms with Gasteiger partial charge in [0.2, 0.25) is 0 Å². The molecule has 0 radical (unpaired) electrons. The van der Waals surface area contributed by atoms with Crippen LogP contribution in [0.5, 0.6) is 0 Å². The summed E-state index contributed by atoms with van der Waals surface area (Å²) in [7, 11) is 0. The third-order valence-corrected chi connectivity index (χ3v) is 13.5. The lowest BCUT2D eigenvalue weighted by atomic mass is 9.75. The van der Waals surface area contributed by atoms with Crippen LogP contribution in [0.2, 0.25) is 0 Å². The first-order valence-electron chi connectivity index (χ1n) is 21.7. The van der Waals surface area contributed by atoms with Gasteiger partial charge >= 0.3 is 0 Å². The first-order chi connectivity index (χ1) is 29.6. The summed E-state index contributed by atoms with van der Waals surface area (Å²) in [4.78, 5) is 0. The van der Waals surface area contributed by atoms with Crippen LogP contribution in [0, 0.1) is 18.6 Å². The first-order valence-corrected chi connectivity index (χ1v) is 21.7. The summed E-state index contributed by atoms with van der Waals surface area (Å²) in [6.45, 7) is 11.5. The van der Waals surface area contributed by atoms with Crippen molar-refractivity contribution in [3.05, 3.63) is 238 Å². The maximum atomic E-state index is 14.3. The number of rotatable bonds is 8. The van der Waals surface area contributed by atoms with Crippen molar-refractivity contribution in [2.24, 2.45) is 0 Å². The number of fused-ring (bicyclic) bond motifs is 7. The van der Waals surface area contributed by atoms with E-state index < -0.39 is 0 Å². The van der Waals surface area contributed by atoms with Crippen LogP contribution in [0.3, 0.4) is 0 Å². The molecule has 1 aliphatic rings. The Bertz CT molecular complexity index is 3030. The van der Waals surface area contributed by atoms with Crippen LogP contribution in [0.25, 0.3) is 43.4 Å². The number of hydrogen-bond acceptors (Lipinski definition) is 0. The van der Waals surface area contributed by atoms with E-state index in [-0.39, 0.29) is 34.8 Å². The summed E-state index contributed by atoms with van der Waals surface area (Å²) < 4.78 is 27.8. The minimum atomic E-state index is -0.175. The Balaban J connectivity index is 0.000000199. The van der Waals surface area contributed by atoms with Crippen molar-refractivity contribution in [2.45, 2.75) is 70.6 Å². The maximum Gasteiger partial charge on any atom is 0.123 e. The minimum Gasteiger partial charge on any atom is -0.207 e. The van der Waals surface area contributed by atoms with Crippen molar-refractivity contribution in [2.75, 3.05) is 0 Å². The van der Waals surface area contributed by atoms with Gasteiger partial charge in [-0.15, -0.1) is 0 Å². The van der Waals surface area contributed by atoms with Crippen LogP contribution >= 0.6 is 0 Å². The van der Waals surface area contributed by atoms with Gasteiger partial charge in [-0.25, -0.2) is 8.78 Å². The molecule has 1 aliphatic carbocycles. The molecule has 0 spiro atoms. The molecule has 9 aromatic rings. The molecule has 0 amide bonds. The summed E-state index contributed by atoms with van der Waals surface area (Å²) in [6.07, 6.45) is 1.73. The fourth-order valence-corrected chi connectivity index (χ4v) is 10.3. The second kappa shape index (κ2) is 16.6. The Morgan fingerprint density at radius 2 is 1.08 bits per heavy atom. The molecular weight excluding hydrogens is 747 g/mol. The highest BCUT2D eigenvalue weighted by molar-refractivity contribution is 6.04. The molecule has 3 unspecified atom stereocenters. The standard InChI is InChI=1S/C40H35F.C19H17F/c1-25-21-38-39(34-17-8-7-15-31(25)34)35-20-19-29(24-37(35)40(38,3)4)26(2)36(23-27-11-9-14-30(41)22-27)33-18-10-13-28-12-5-6-16-32(28)33;1-2-17(15-9-5-10-16(20)13-15)19-12-6-8-14-7-3-4-11-18(14)19/h5-22,24,26,36H,23H2,1-4H3;3-13,17H,2H2,1H3. The Morgan fingerprint density at radius 3 is 1.75 bits per heavy atom. The van der Waals surface area contributed by atoms with Gasteiger partial charge < -0.3 is 0 Å². The maximum absolute atomic E-state index is 14.3. The van der Waals surface area contributed by atoms with Gasteiger partial charge in [0.05, 0.1) is 0 Å². The van der Waals surface area contributed by atoms with Crippen LogP contribution in [-0.4, -0.2) is 0 Å². The molecule has 0 fully saturated rings. The van der Waals surface area contributed by atoms with Crippen molar-refractivity contribution in [3.63, 3.8) is 0 Å². The second-order valence-electron chi connectivity index (χ2n) is 17.5. The van der Waals surface area contributed by atoms with E-state index in [1.165, 1.54) is 89.0 Å². The first kappa shape index (κ1) is 40.0. The normalized spacial score (nSPS) is 14.2. The summed E-state index contributed by atoms with van der Waals surface area (Å²) in [5.41, 5.74) is 12.8. The Labute approximate surface area is 359 Å². The smallest absolute Gasteiger partial charge is 0.123 e. The van der Waals surface area contributed by atoms with Crippen molar-refractivity contribution in [1.29, 1.82) is 0 Å². The molecule has 3 atom stereocenters. The van der Waals surface area contributed by atoms with Crippen LogP contribution < -0.4 is 0 Å². The average molecular weight is 799 g/mol. The van der Waals surface area contributed by atoms with E-state index in [0.29, 0.717) is 0 Å². The highest BCUT2D eigenvalue weighted by Gasteiger charge is 2.38. The molecule has 61 heavy (non-hydrogen) atoms. The lowest BCUT2D eigenvalue weighted by Crippen LogP contribution is -2.17. The highest BCUT2D eigenvalue weighted by atomic mass is 19.1. The van der Waals surface area contributed by atoms with Gasteiger partial charge in [0.15, 0.2) is 0 Å². The lowest BCUT2D eigenvalue weighted by molar-refractivity contribution is 0.568. The van der Waals surface area contributed by atoms with Gasteiger partial charge in [0.1, 0.15) is 11.6 Å². The number of aryl methyl sites for hydroxylation is 1. The molecule has 0 saturated heterocycles. The molecule has 10 rings (SSSR count). The number of benzene rings is 9. The molecule has 0 aliphatic heterocycles. The van der Waals surface area contributed by atoms with Crippen LogP contribution in [0.4, 0.5) is 8.78 Å². The molecule has 9 aromatic carbocycles. The zero-order valence-corrected chi connectivity index (χ0v) is 35.7. The largest absolute Gasteiger partial charge is 0.207 e. The van der Waals surface area contributed by atoms with Crippen molar-refractivity contribution in [3.8, 4) is 11.1 Å². The third kappa shape index (κ3) is 7.54. The Hall–Kier alpha value is -6.38. The van der Waals surface area contributed by atoms with Gasteiger partial charge in [-0.05, 0) is 144 Å². The fraction of sp³-hybridized carbons (Fsp3) is 0.186. The van der Waals surface area contributed by atoms with Crippen molar-refractivity contribution < 1.29 is 8.78 Å². The third-order valence-electron chi connectivity index (χ3n) is 13.5. The average Bonchev–Trinajstić information content (AvgIpc) is 3.50. The molecule has 0 heterocycles. The summed E-state index contributed by atoms with van der Waals surface area (Å²) in [5.74, 6) is 0.313. The minimum absolute atomic E-state index is 0.0906. The van der Waals surface area contributed by atoms with Gasteiger partial charge in [-0.2, -0.15) is 0 Å². The zero-order chi connectivity index (χ0) is 42.3. The van der Waals surface area contributed by atoms with Crippen molar-refractivity contribution in [1.82, 2.24) is 0 Å². The van der Waals surface area contributed by atoms with Gasteiger partial charge in [-0.1, -0.05) is 185 Å². The van der Waals surface area contributed by atoms with E-state index in [1.807, 2.05) is 12.1 Å². The van der Waals surface area contributed by atoms with Crippen LogP contribution in [-0.2, 0) is 11.8 Å². The molecule has 302 valence electrons. The van der Waals surface area contributed by atoms with E-state index in [1.54, 1.807) is 18.2 Å². The number of halogens is 2. The predicted octanol–water partition coefficient (Wildman–Crippen LogP) is 16.4. The topological polar surface area (TPSA) is 0 Å². The van der Waals surface area contributed by atoms with E-state index in [4.69, 9.17) is 0 Å². The van der Waals surface area contributed by atoms with Crippen molar-refractivity contribution >= 4 is 32.3 Å². The molecule has 0 bridgehead atoms. The summed E-state index contributed by atoms with van der Waals surface area (Å²) in [5, 5.41) is 7.69. The molecule has 0 aromatic heterocycles. The molecule has 0 saturated carbocycles. The molecule has 2 heteroatoms. The fourth-order valence-electron chi connectivity index (χ4n) is 10.3. The van der Waals surface area contributed by atoms with Gasteiger partial charge in [0.25, 0.3) is 0 Å². The zero-order valence-electron chi connectivity index (χ0n) is 35.7. The second-order valence-corrected chi connectivity index (χ2v) is 17.5. The Morgan fingerprint density at radius 1 is 0.508 bits per heavy atom. The lowest BCUT2D eigenvalue weighted by Gasteiger charge is -2.28. The highest BCUT2D eigenvalue weighted by Crippen LogP contribution is 2.53. The molecular formula is C59H52F2. The van der Waals surface area contributed by atoms with E-state index in [2.05, 4.69) is 174 Å². The quantitative estimate of drug-likeness (QED) is 0.144. The van der Waals surface area contributed by atoms with Crippen LogP contribution in [0.1, 0.15) is 96.4 Å². The Kier molecular flexibility index (Phi) is 10.9. The van der Waals surface area contributed by atoms with E-state index >= 15 is 0 Å². The number of hydrogen-bond donors (Lipinski definition) is 0. The SMILES string of the molecule is CCC(c1cccc(F)c1)c1cccc2ccccc12.Cc1cc2c(c3ccccc13)-c1ccc(C(C)C(Cc3cccc(F)c3)c3cccc4ccccc34)cc1C2(C)C. The molecule has 0 N–H and O–H groups in total. The van der Waals surface area contributed by atoms with Gasteiger partial charge in [-0.3, -0.25) is 0 Å². The van der Waals surface area contributed by atoms with Gasteiger partial charge in [0, 0.05) is 11.3 Å². The molecule has 0 nitrogen and oxygen atoms in total.